The predicted molar refractivity (Wildman–Crippen MR) is 77.4 cm³/mol. The first-order chi connectivity index (χ1) is 8.69. The zero-order chi connectivity index (χ0) is 13.0. The summed E-state index contributed by atoms with van der Waals surface area (Å²) in [5.74, 6) is 2.69. The lowest BCUT2D eigenvalue weighted by molar-refractivity contribution is 0.413. The normalized spacial score (nSPS) is 10.6. The van der Waals surface area contributed by atoms with Crippen molar-refractivity contribution in [2.75, 3.05) is 7.11 Å². The minimum Gasteiger partial charge on any atom is -0.497 e. The molecule has 96 valence electrons. The van der Waals surface area contributed by atoms with Gasteiger partial charge in [0.25, 0.3) is 0 Å². The third-order valence-electron chi connectivity index (χ3n) is 2.57. The van der Waals surface area contributed by atoms with Gasteiger partial charge < -0.3 is 4.74 Å². The topological polar surface area (TPSA) is 35.0 Å². The number of hydrogen-bond donors (Lipinski definition) is 0. The van der Waals surface area contributed by atoms with Gasteiger partial charge in [0.05, 0.1) is 18.5 Å². The van der Waals surface area contributed by atoms with Gasteiger partial charge in [-0.3, -0.25) is 4.98 Å². The number of thioether (sulfide) groups is 1. The number of ether oxygens (including phenoxy) is 1. The number of methoxy groups -OCH3 is 1. The van der Waals surface area contributed by atoms with Crippen molar-refractivity contribution >= 4 is 23.1 Å². The number of rotatable bonds is 5. The van der Waals surface area contributed by atoms with Gasteiger partial charge in [0, 0.05) is 28.6 Å². The highest BCUT2D eigenvalue weighted by Gasteiger charge is 2.04. The minimum atomic E-state index is 0.863. The van der Waals surface area contributed by atoms with Crippen molar-refractivity contribution in [3.63, 3.8) is 0 Å². The van der Waals surface area contributed by atoms with Crippen LogP contribution in [0, 0.1) is 13.8 Å². The molecular formula is C13H16N2OS2. The molecule has 18 heavy (non-hydrogen) atoms. The lowest BCUT2D eigenvalue weighted by Gasteiger charge is -2.02. The van der Waals surface area contributed by atoms with Gasteiger partial charge in [-0.25, -0.2) is 4.98 Å². The molecule has 0 fully saturated rings. The summed E-state index contributed by atoms with van der Waals surface area (Å²) in [4.78, 5) is 10.2. The van der Waals surface area contributed by atoms with E-state index in [1.165, 1.54) is 9.88 Å². The van der Waals surface area contributed by atoms with Crippen molar-refractivity contribution in [2.24, 2.45) is 0 Å². The highest BCUT2D eigenvalue weighted by Crippen LogP contribution is 2.23. The Hall–Kier alpha value is -1.07. The van der Waals surface area contributed by atoms with Gasteiger partial charge in [-0.2, -0.15) is 0 Å². The number of aryl methyl sites for hydroxylation is 2. The molecule has 0 bridgehead atoms. The SMILES string of the molecule is COc1ccnc(CSCc2nc(C)c(C)s2)c1. The van der Waals surface area contributed by atoms with Gasteiger partial charge >= 0.3 is 0 Å². The van der Waals surface area contributed by atoms with E-state index in [9.17, 15) is 0 Å². The molecule has 0 atom stereocenters. The van der Waals surface area contributed by atoms with Crippen molar-refractivity contribution < 1.29 is 4.74 Å². The monoisotopic (exact) mass is 280 g/mol. The molecule has 0 N–H and O–H groups in total. The second-order valence-corrected chi connectivity index (χ2v) is 6.20. The first-order valence-corrected chi connectivity index (χ1v) is 7.65. The fraction of sp³-hybridized carbons (Fsp3) is 0.385. The van der Waals surface area contributed by atoms with Crippen LogP contribution in [0.15, 0.2) is 18.3 Å². The summed E-state index contributed by atoms with van der Waals surface area (Å²) in [6.07, 6.45) is 1.78. The van der Waals surface area contributed by atoms with Crippen LogP contribution in [0.25, 0.3) is 0 Å². The zero-order valence-electron chi connectivity index (χ0n) is 10.8. The highest BCUT2D eigenvalue weighted by molar-refractivity contribution is 7.97. The van der Waals surface area contributed by atoms with Crippen LogP contribution < -0.4 is 4.74 Å². The molecule has 3 nitrogen and oxygen atoms in total. The summed E-state index contributed by atoms with van der Waals surface area (Å²) in [7, 11) is 1.67. The molecule has 2 heterocycles. The minimum absolute atomic E-state index is 0.863. The van der Waals surface area contributed by atoms with Crippen LogP contribution in [0.1, 0.15) is 21.3 Å². The molecule has 0 aliphatic heterocycles. The van der Waals surface area contributed by atoms with Gasteiger partial charge in [0.15, 0.2) is 0 Å². The van der Waals surface area contributed by atoms with Crippen LogP contribution in [0.3, 0.4) is 0 Å². The summed E-state index contributed by atoms with van der Waals surface area (Å²) in [5, 5.41) is 1.19. The smallest absolute Gasteiger partial charge is 0.122 e. The quantitative estimate of drug-likeness (QED) is 0.838. The fourth-order valence-electron chi connectivity index (χ4n) is 1.51. The van der Waals surface area contributed by atoms with Crippen LogP contribution >= 0.6 is 23.1 Å². The number of pyridine rings is 1. The van der Waals surface area contributed by atoms with Crippen molar-refractivity contribution in [3.05, 3.63) is 39.6 Å². The van der Waals surface area contributed by atoms with E-state index in [0.29, 0.717) is 0 Å². The van der Waals surface area contributed by atoms with Crippen LogP contribution in [-0.2, 0) is 11.5 Å². The van der Waals surface area contributed by atoms with Gasteiger partial charge in [-0.15, -0.1) is 23.1 Å². The maximum atomic E-state index is 5.18. The van der Waals surface area contributed by atoms with E-state index < -0.39 is 0 Å². The summed E-state index contributed by atoms with van der Waals surface area (Å²) < 4.78 is 5.18. The fourth-order valence-corrected chi connectivity index (χ4v) is 3.43. The molecule has 2 rings (SSSR count). The lowest BCUT2D eigenvalue weighted by Crippen LogP contribution is -1.90. The van der Waals surface area contributed by atoms with E-state index in [1.807, 2.05) is 23.9 Å². The van der Waals surface area contributed by atoms with Gasteiger partial charge in [-0.1, -0.05) is 0 Å². The predicted octanol–water partition coefficient (Wildman–Crippen LogP) is 3.60. The first-order valence-electron chi connectivity index (χ1n) is 5.68. The second-order valence-electron chi connectivity index (χ2n) is 3.93. The molecule has 0 saturated heterocycles. The number of aromatic nitrogens is 2. The number of thiazole rings is 1. The molecule has 2 aromatic heterocycles. The largest absolute Gasteiger partial charge is 0.497 e. The average molecular weight is 280 g/mol. The third kappa shape index (κ3) is 3.46. The number of hydrogen-bond acceptors (Lipinski definition) is 5. The van der Waals surface area contributed by atoms with Crippen molar-refractivity contribution in [1.82, 2.24) is 9.97 Å². The summed E-state index contributed by atoms with van der Waals surface area (Å²) in [5.41, 5.74) is 2.19. The Bertz CT molecular complexity index is 506. The van der Waals surface area contributed by atoms with Gasteiger partial charge in [-0.05, 0) is 19.9 Å². The van der Waals surface area contributed by atoms with E-state index in [2.05, 4.69) is 23.8 Å². The molecule has 2 aromatic rings. The van der Waals surface area contributed by atoms with Crippen molar-refractivity contribution in [2.45, 2.75) is 25.4 Å². The zero-order valence-corrected chi connectivity index (χ0v) is 12.4. The van der Waals surface area contributed by atoms with Crippen LogP contribution in [0.5, 0.6) is 5.75 Å². The van der Waals surface area contributed by atoms with Crippen LogP contribution in [0.2, 0.25) is 0 Å². The van der Waals surface area contributed by atoms with Crippen LogP contribution in [0.4, 0.5) is 0 Å². The highest BCUT2D eigenvalue weighted by atomic mass is 32.2. The average Bonchev–Trinajstić information content (AvgIpc) is 2.69. The maximum absolute atomic E-state index is 5.18. The molecule has 5 heteroatoms. The van der Waals surface area contributed by atoms with Crippen molar-refractivity contribution in [1.29, 1.82) is 0 Å². The molecule has 0 aromatic carbocycles. The van der Waals surface area contributed by atoms with Gasteiger partial charge in [0.1, 0.15) is 10.8 Å². The third-order valence-corrected chi connectivity index (χ3v) is 4.81. The Kier molecular flexibility index (Phi) is 4.60. The summed E-state index contributed by atoms with van der Waals surface area (Å²) >= 11 is 3.61. The molecule has 0 radical (unpaired) electrons. The molecule has 0 unspecified atom stereocenters. The van der Waals surface area contributed by atoms with E-state index in [-0.39, 0.29) is 0 Å². The first kappa shape index (κ1) is 13.4. The Balaban J connectivity index is 1.88. The standard InChI is InChI=1S/C13H16N2OS2/c1-9-10(2)18-13(15-9)8-17-7-11-6-12(16-3)4-5-14-11/h4-6H,7-8H2,1-3H3. The van der Waals surface area contributed by atoms with E-state index in [1.54, 1.807) is 24.6 Å². The molecule has 0 spiro atoms. The summed E-state index contributed by atoms with van der Waals surface area (Å²) in [6.45, 7) is 4.17. The molecule has 0 saturated carbocycles. The molecule has 0 aliphatic carbocycles. The summed E-state index contributed by atoms with van der Waals surface area (Å²) in [6, 6.07) is 3.84. The molecule has 0 aliphatic rings. The Morgan fingerprint density at radius 2 is 2.17 bits per heavy atom. The molecular weight excluding hydrogens is 264 g/mol. The Morgan fingerprint density at radius 1 is 1.33 bits per heavy atom. The number of nitrogens with zero attached hydrogens (tertiary/aromatic N) is 2. The van der Waals surface area contributed by atoms with E-state index in [4.69, 9.17) is 4.74 Å². The van der Waals surface area contributed by atoms with E-state index >= 15 is 0 Å². The second kappa shape index (κ2) is 6.20. The van der Waals surface area contributed by atoms with Crippen LogP contribution in [-0.4, -0.2) is 17.1 Å². The lowest BCUT2D eigenvalue weighted by atomic mass is 10.3. The Labute approximate surface area is 116 Å². The molecule has 0 amide bonds. The van der Waals surface area contributed by atoms with Gasteiger partial charge in [0.2, 0.25) is 0 Å². The van der Waals surface area contributed by atoms with Crippen molar-refractivity contribution in [3.8, 4) is 5.75 Å². The Morgan fingerprint density at radius 3 is 2.83 bits per heavy atom. The van der Waals surface area contributed by atoms with E-state index in [0.717, 1.165) is 28.6 Å². The maximum Gasteiger partial charge on any atom is 0.122 e.